The van der Waals surface area contributed by atoms with Crippen LogP contribution in [0, 0.1) is 0 Å². The molecule has 0 saturated carbocycles. The van der Waals surface area contributed by atoms with Gasteiger partial charge in [-0.1, -0.05) is 0 Å². The lowest BCUT2D eigenvalue weighted by Gasteiger charge is -2.22. The minimum Gasteiger partial charge on any atom is -0.481 e. The fraction of sp³-hybridized carbons (Fsp3) is 0.615. The monoisotopic (exact) mass is 252 g/mol. The van der Waals surface area contributed by atoms with Gasteiger partial charge in [0, 0.05) is 25.2 Å². The van der Waals surface area contributed by atoms with E-state index in [9.17, 15) is 4.79 Å². The van der Waals surface area contributed by atoms with Crippen LogP contribution in [0.1, 0.15) is 25.5 Å². The van der Waals surface area contributed by atoms with Crippen LogP contribution in [0.3, 0.4) is 0 Å². The van der Waals surface area contributed by atoms with Crippen molar-refractivity contribution in [2.45, 2.75) is 38.4 Å². The lowest BCUT2D eigenvalue weighted by molar-refractivity contribution is -0.137. The molecular weight excluding hydrogens is 232 g/mol. The molecule has 0 aliphatic carbocycles. The molecule has 5 nitrogen and oxygen atoms in total. The number of hydrogen-bond acceptors (Lipinski definition) is 4. The van der Waals surface area contributed by atoms with Crippen molar-refractivity contribution >= 4 is 5.97 Å². The second-order valence-corrected chi connectivity index (χ2v) is 4.97. The van der Waals surface area contributed by atoms with Gasteiger partial charge in [0.05, 0.1) is 19.2 Å². The molecule has 100 valence electrons. The third-order valence-electron chi connectivity index (χ3n) is 3.26. The summed E-state index contributed by atoms with van der Waals surface area (Å²) in [6.07, 6.45) is 2.86. The highest BCUT2D eigenvalue weighted by atomic mass is 16.4. The van der Waals surface area contributed by atoms with Gasteiger partial charge in [0.25, 0.3) is 0 Å². The summed E-state index contributed by atoms with van der Waals surface area (Å²) >= 11 is 0. The van der Waals surface area contributed by atoms with E-state index in [1.54, 1.807) is 6.26 Å². The van der Waals surface area contributed by atoms with Crippen molar-refractivity contribution in [2.24, 2.45) is 0 Å². The van der Waals surface area contributed by atoms with E-state index in [-0.39, 0.29) is 12.5 Å². The molecular formula is C13H20N2O3. The van der Waals surface area contributed by atoms with Crippen LogP contribution in [0.5, 0.6) is 0 Å². The molecule has 1 saturated heterocycles. The number of furan rings is 1. The number of rotatable bonds is 4. The van der Waals surface area contributed by atoms with Gasteiger partial charge in [0.15, 0.2) is 0 Å². The third kappa shape index (κ3) is 3.85. The molecule has 1 aromatic heterocycles. The maximum Gasteiger partial charge on any atom is 0.304 e. The fourth-order valence-electron chi connectivity index (χ4n) is 2.42. The first kappa shape index (κ1) is 13.1. The Balaban J connectivity index is 1.95. The summed E-state index contributed by atoms with van der Waals surface area (Å²) in [5.74, 6) is 0.179. The molecule has 0 aromatic carbocycles. The second kappa shape index (κ2) is 6.02. The van der Waals surface area contributed by atoms with E-state index in [2.05, 4.69) is 17.1 Å². The van der Waals surface area contributed by atoms with E-state index >= 15 is 0 Å². The average Bonchev–Trinajstić information content (AvgIpc) is 2.71. The zero-order valence-corrected chi connectivity index (χ0v) is 10.6. The van der Waals surface area contributed by atoms with E-state index in [4.69, 9.17) is 9.52 Å². The van der Waals surface area contributed by atoms with Gasteiger partial charge >= 0.3 is 5.97 Å². The van der Waals surface area contributed by atoms with Gasteiger partial charge in [-0.05, 0) is 25.5 Å². The van der Waals surface area contributed by atoms with Crippen molar-refractivity contribution in [2.75, 3.05) is 13.1 Å². The lowest BCUT2D eigenvalue weighted by Crippen LogP contribution is -2.41. The maximum atomic E-state index is 10.8. The number of nitrogens with zero attached hydrogens (tertiary/aromatic N) is 1. The molecule has 1 aromatic rings. The predicted molar refractivity (Wildman–Crippen MR) is 67.2 cm³/mol. The van der Waals surface area contributed by atoms with E-state index in [0.717, 1.165) is 31.8 Å². The quantitative estimate of drug-likeness (QED) is 0.845. The number of carboxylic acid groups (broad SMARTS) is 1. The van der Waals surface area contributed by atoms with E-state index in [0.29, 0.717) is 6.04 Å². The number of nitrogens with one attached hydrogen (secondary N) is 1. The van der Waals surface area contributed by atoms with Crippen molar-refractivity contribution in [3.8, 4) is 0 Å². The first-order valence-corrected chi connectivity index (χ1v) is 6.36. The Morgan fingerprint density at radius 3 is 3.17 bits per heavy atom. The van der Waals surface area contributed by atoms with Gasteiger partial charge < -0.3 is 14.8 Å². The van der Waals surface area contributed by atoms with Crippen molar-refractivity contribution in [1.29, 1.82) is 0 Å². The van der Waals surface area contributed by atoms with E-state index in [1.165, 1.54) is 0 Å². The summed E-state index contributed by atoms with van der Waals surface area (Å²) in [4.78, 5) is 13.1. The van der Waals surface area contributed by atoms with Crippen LogP contribution in [0.25, 0.3) is 0 Å². The van der Waals surface area contributed by atoms with Gasteiger partial charge in [-0.3, -0.25) is 9.69 Å². The normalized spacial score (nSPS) is 25.8. The summed E-state index contributed by atoms with van der Waals surface area (Å²) in [5, 5.41) is 12.3. The first-order chi connectivity index (χ1) is 8.63. The molecule has 2 atom stereocenters. The van der Waals surface area contributed by atoms with Crippen LogP contribution in [0.4, 0.5) is 0 Å². The molecule has 2 heterocycles. The largest absolute Gasteiger partial charge is 0.481 e. The first-order valence-electron chi connectivity index (χ1n) is 6.36. The Morgan fingerprint density at radius 2 is 2.50 bits per heavy atom. The predicted octanol–water partition coefficient (Wildman–Crippen LogP) is 1.31. The molecule has 1 aliphatic rings. The molecule has 2 N–H and O–H groups in total. The second-order valence-electron chi connectivity index (χ2n) is 4.97. The van der Waals surface area contributed by atoms with Crippen molar-refractivity contribution in [3.63, 3.8) is 0 Å². The van der Waals surface area contributed by atoms with Gasteiger partial charge in [-0.2, -0.15) is 0 Å². The molecule has 0 bridgehead atoms. The van der Waals surface area contributed by atoms with Gasteiger partial charge in [0.2, 0.25) is 0 Å². The molecule has 0 spiro atoms. The third-order valence-corrected chi connectivity index (χ3v) is 3.26. The van der Waals surface area contributed by atoms with Crippen LogP contribution in [0.15, 0.2) is 22.8 Å². The van der Waals surface area contributed by atoms with Crippen LogP contribution in [0.2, 0.25) is 0 Å². The number of carboxylic acids is 1. The van der Waals surface area contributed by atoms with Gasteiger partial charge in [-0.25, -0.2) is 0 Å². The van der Waals surface area contributed by atoms with Crippen LogP contribution in [-0.4, -0.2) is 41.1 Å². The number of carbonyl (C=O) groups is 1. The highest BCUT2D eigenvalue weighted by molar-refractivity contribution is 5.67. The lowest BCUT2D eigenvalue weighted by atomic mass is 10.2. The van der Waals surface area contributed by atoms with E-state index < -0.39 is 5.97 Å². The maximum absolute atomic E-state index is 10.8. The molecule has 2 unspecified atom stereocenters. The topological polar surface area (TPSA) is 65.7 Å². The molecule has 1 aliphatic heterocycles. The van der Waals surface area contributed by atoms with E-state index in [1.807, 2.05) is 12.1 Å². The molecule has 0 radical (unpaired) electrons. The standard InChI is InChI=1S/C13H20N2O3/c1-10-4-5-15(9-12-3-2-6-18-12)8-11(14-10)7-13(16)17/h2-3,6,10-11,14H,4-5,7-9H2,1H3,(H,16,17). The smallest absolute Gasteiger partial charge is 0.304 e. The van der Waals surface area contributed by atoms with Gasteiger partial charge in [0.1, 0.15) is 5.76 Å². The SMILES string of the molecule is CC1CCN(Cc2ccco2)CC(CC(=O)O)N1. The van der Waals surface area contributed by atoms with Crippen LogP contribution < -0.4 is 5.32 Å². The Bertz CT molecular complexity index is 378. The van der Waals surface area contributed by atoms with Gasteiger partial charge in [-0.15, -0.1) is 0 Å². The number of hydrogen-bond donors (Lipinski definition) is 2. The van der Waals surface area contributed by atoms with Crippen molar-refractivity contribution in [1.82, 2.24) is 10.2 Å². The summed E-state index contributed by atoms with van der Waals surface area (Å²) in [7, 11) is 0. The minimum absolute atomic E-state index is 0.00922. The summed E-state index contributed by atoms with van der Waals surface area (Å²) in [6.45, 7) is 4.56. The summed E-state index contributed by atoms with van der Waals surface area (Å²) in [5.41, 5.74) is 0. The molecule has 1 fully saturated rings. The van der Waals surface area contributed by atoms with Crippen LogP contribution >= 0.6 is 0 Å². The Hall–Kier alpha value is -1.33. The highest BCUT2D eigenvalue weighted by Crippen LogP contribution is 2.12. The molecule has 5 heteroatoms. The molecule has 18 heavy (non-hydrogen) atoms. The van der Waals surface area contributed by atoms with Crippen LogP contribution in [-0.2, 0) is 11.3 Å². The minimum atomic E-state index is -0.750. The average molecular weight is 252 g/mol. The summed E-state index contributed by atoms with van der Waals surface area (Å²) < 4.78 is 5.34. The number of aliphatic carboxylic acids is 1. The molecule has 2 rings (SSSR count). The van der Waals surface area contributed by atoms with Crippen molar-refractivity contribution in [3.05, 3.63) is 24.2 Å². The Morgan fingerprint density at radius 1 is 1.67 bits per heavy atom. The zero-order valence-electron chi connectivity index (χ0n) is 10.6. The Labute approximate surface area is 107 Å². The Kier molecular flexibility index (Phi) is 4.38. The van der Waals surface area contributed by atoms with Crippen molar-refractivity contribution < 1.29 is 14.3 Å². The zero-order chi connectivity index (χ0) is 13.0. The molecule has 0 amide bonds. The fourth-order valence-corrected chi connectivity index (χ4v) is 2.42. The highest BCUT2D eigenvalue weighted by Gasteiger charge is 2.23. The summed E-state index contributed by atoms with van der Waals surface area (Å²) in [6, 6.07) is 4.20.